The van der Waals surface area contributed by atoms with E-state index in [1.54, 1.807) is 14.0 Å². The van der Waals surface area contributed by atoms with Gasteiger partial charge in [0.1, 0.15) is 5.75 Å². The lowest BCUT2D eigenvalue weighted by Crippen LogP contribution is -2.37. The van der Waals surface area contributed by atoms with Crippen molar-refractivity contribution in [1.29, 1.82) is 0 Å². The number of benzene rings is 2. The normalized spacial score (nSPS) is 11.8. The lowest BCUT2D eigenvalue weighted by atomic mass is 10.2. The second kappa shape index (κ2) is 7.82. The standard InChI is InChI=1S/C20H21N3O3/c1-14-9-7-8-12-17(14)25-15(2)20(24)23(3)13-18-21-19(22-26-18)16-10-5-4-6-11-16/h4-12,15H,13H2,1-3H3. The Morgan fingerprint density at radius 1 is 1.15 bits per heavy atom. The van der Waals surface area contributed by atoms with Gasteiger partial charge < -0.3 is 14.2 Å². The molecule has 2 aromatic carbocycles. The molecule has 0 bridgehead atoms. The van der Waals surface area contributed by atoms with E-state index in [4.69, 9.17) is 9.26 Å². The van der Waals surface area contributed by atoms with Crippen LogP contribution in [0, 0.1) is 6.92 Å². The molecule has 0 aliphatic heterocycles. The fourth-order valence-corrected chi connectivity index (χ4v) is 2.54. The van der Waals surface area contributed by atoms with Gasteiger partial charge in [0.15, 0.2) is 6.10 Å². The molecule has 1 amide bonds. The minimum Gasteiger partial charge on any atom is -0.481 e. The number of hydrogen-bond donors (Lipinski definition) is 0. The van der Waals surface area contributed by atoms with Crippen molar-refractivity contribution in [3.63, 3.8) is 0 Å². The fraction of sp³-hybridized carbons (Fsp3) is 0.250. The molecule has 0 saturated carbocycles. The maximum Gasteiger partial charge on any atom is 0.263 e. The van der Waals surface area contributed by atoms with Crippen molar-refractivity contribution >= 4 is 5.91 Å². The van der Waals surface area contributed by atoms with Crippen molar-refractivity contribution in [2.45, 2.75) is 26.5 Å². The van der Waals surface area contributed by atoms with Crippen LogP contribution in [0.25, 0.3) is 11.4 Å². The summed E-state index contributed by atoms with van der Waals surface area (Å²) in [6, 6.07) is 17.2. The number of ether oxygens (including phenoxy) is 1. The van der Waals surface area contributed by atoms with E-state index in [9.17, 15) is 4.79 Å². The molecule has 3 rings (SSSR count). The van der Waals surface area contributed by atoms with E-state index >= 15 is 0 Å². The molecule has 0 saturated heterocycles. The summed E-state index contributed by atoms with van der Waals surface area (Å²) in [7, 11) is 1.69. The van der Waals surface area contributed by atoms with Gasteiger partial charge >= 0.3 is 0 Å². The number of para-hydroxylation sites is 1. The van der Waals surface area contributed by atoms with Crippen LogP contribution in [-0.4, -0.2) is 34.1 Å². The Morgan fingerprint density at radius 3 is 2.58 bits per heavy atom. The molecule has 134 valence electrons. The second-order valence-corrected chi connectivity index (χ2v) is 6.10. The zero-order valence-electron chi connectivity index (χ0n) is 15.0. The van der Waals surface area contributed by atoms with Crippen LogP contribution < -0.4 is 4.74 Å². The van der Waals surface area contributed by atoms with Gasteiger partial charge in [-0.3, -0.25) is 4.79 Å². The summed E-state index contributed by atoms with van der Waals surface area (Å²) in [6.45, 7) is 3.90. The van der Waals surface area contributed by atoms with Crippen LogP contribution in [0.1, 0.15) is 18.4 Å². The largest absolute Gasteiger partial charge is 0.481 e. The summed E-state index contributed by atoms with van der Waals surface area (Å²) in [4.78, 5) is 18.4. The Morgan fingerprint density at radius 2 is 1.85 bits per heavy atom. The molecule has 0 aliphatic carbocycles. The van der Waals surface area contributed by atoms with Gasteiger partial charge in [-0.25, -0.2) is 0 Å². The molecule has 26 heavy (non-hydrogen) atoms. The first-order valence-electron chi connectivity index (χ1n) is 8.40. The Labute approximate surface area is 152 Å². The fourth-order valence-electron chi connectivity index (χ4n) is 2.54. The molecular weight excluding hydrogens is 330 g/mol. The molecule has 0 N–H and O–H groups in total. The third kappa shape index (κ3) is 4.08. The highest BCUT2D eigenvalue weighted by Gasteiger charge is 2.22. The molecule has 6 nitrogen and oxygen atoms in total. The number of carbonyl (C=O) groups excluding carboxylic acids is 1. The van der Waals surface area contributed by atoms with Gasteiger partial charge in [0, 0.05) is 12.6 Å². The summed E-state index contributed by atoms with van der Waals surface area (Å²) < 4.78 is 11.0. The lowest BCUT2D eigenvalue weighted by Gasteiger charge is -2.21. The van der Waals surface area contributed by atoms with E-state index in [0.717, 1.165) is 11.1 Å². The van der Waals surface area contributed by atoms with Gasteiger partial charge in [-0.2, -0.15) is 4.98 Å². The number of carbonyl (C=O) groups is 1. The maximum absolute atomic E-state index is 12.6. The van der Waals surface area contributed by atoms with Crippen LogP contribution >= 0.6 is 0 Å². The van der Waals surface area contributed by atoms with Crippen LogP contribution in [0.5, 0.6) is 5.75 Å². The first kappa shape index (κ1) is 17.7. The van der Waals surface area contributed by atoms with E-state index in [0.29, 0.717) is 17.5 Å². The van der Waals surface area contributed by atoms with Crippen molar-refractivity contribution in [3.05, 3.63) is 66.1 Å². The van der Waals surface area contributed by atoms with Gasteiger partial charge in [-0.05, 0) is 25.5 Å². The predicted octanol–water partition coefficient (Wildman–Crippen LogP) is 3.47. The van der Waals surface area contributed by atoms with Crippen LogP contribution in [0.3, 0.4) is 0 Å². The van der Waals surface area contributed by atoms with Gasteiger partial charge in [0.2, 0.25) is 11.7 Å². The summed E-state index contributed by atoms with van der Waals surface area (Å²) in [5.74, 6) is 1.42. The third-order valence-electron chi connectivity index (χ3n) is 3.99. The molecule has 6 heteroatoms. The Balaban J connectivity index is 1.62. The molecule has 1 unspecified atom stereocenters. The highest BCUT2D eigenvalue weighted by atomic mass is 16.5. The van der Waals surface area contributed by atoms with E-state index in [1.165, 1.54) is 4.90 Å². The molecule has 1 heterocycles. The predicted molar refractivity (Wildman–Crippen MR) is 97.5 cm³/mol. The monoisotopic (exact) mass is 351 g/mol. The Kier molecular flexibility index (Phi) is 5.31. The molecule has 1 aromatic heterocycles. The van der Waals surface area contributed by atoms with Crippen molar-refractivity contribution in [1.82, 2.24) is 15.0 Å². The van der Waals surface area contributed by atoms with Crippen LogP contribution in [0.4, 0.5) is 0 Å². The Hall–Kier alpha value is -3.15. The van der Waals surface area contributed by atoms with Gasteiger partial charge in [0.25, 0.3) is 5.91 Å². The van der Waals surface area contributed by atoms with Crippen molar-refractivity contribution < 1.29 is 14.1 Å². The molecule has 0 spiro atoms. The average molecular weight is 351 g/mol. The van der Waals surface area contributed by atoms with E-state index in [1.807, 2.05) is 61.5 Å². The van der Waals surface area contributed by atoms with Crippen molar-refractivity contribution in [2.24, 2.45) is 0 Å². The highest BCUT2D eigenvalue weighted by molar-refractivity contribution is 5.80. The minimum absolute atomic E-state index is 0.160. The van der Waals surface area contributed by atoms with Crippen molar-refractivity contribution in [2.75, 3.05) is 7.05 Å². The van der Waals surface area contributed by atoms with Crippen LogP contribution in [0.2, 0.25) is 0 Å². The lowest BCUT2D eigenvalue weighted by molar-refractivity contribution is -0.137. The zero-order valence-corrected chi connectivity index (χ0v) is 15.0. The van der Waals surface area contributed by atoms with Gasteiger partial charge in [-0.1, -0.05) is 53.7 Å². The summed E-state index contributed by atoms with van der Waals surface area (Å²) in [6.07, 6.45) is -0.613. The van der Waals surface area contributed by atoms with E-state index in [2.05, 4.69) is 10.1 Å². The smallest absolute Gasteiger partial charge is 0.263 e. The first-order valence-corrected chi connectivity index (χ1v) is 8.40. The second-order valence-electron chi connectivity index (χ2n) is 6.10. The number of likely N-dealkylation sites (N-methyl/N-ethyl adjacent to an activating group) is 1. The van der Waals surface area contributed by atoms with Crippen LogP contribution in [0.15, 0.2) is 59.1 Å². The molecule has 0 fully saturated rings. The number of aromatic nitrogens is 2. The Bertz CT molecular complexity index is 877. The number of hydrogen-bond acceptors (Lipinski definition) is 5. The topological polar surface area (TPSA) is 68.5 Å². The number of amides is 1. The molecule has 0 radical (unpaired) electrons. The number of nitrogens with zero attached hydrogens (tertiary/aromatic N) is 3. The van der Waals surface area contributed by atoms with Gasteiger partial charge in [0.05, 0.1) is 6.54 Å². The third-order valence-corrected chi connectivity index (χ3v) is 3.99. The quantitative estimate of drug-likeness (QED) is 0.680. The first-order chi connectivity index (χ1) is 12.5. The summed E-state index contributed by atoms with van der Waals surface area (Å²) in [5, 5.41) is 3.97. The summed E-state index contributed by atoms with van der Waals surface area (Å²) in [5.41, 5.74) is 1.85. The van der Waals surface area contributed by atoms with E-state index in [-0.39, 0.29) is 12.5 Å². The van der Waals surface area contributed by atoms with Crippen LogP contribution in [-0.2, 0) is 11.3 Å². The number of rotatable bonds is 6. The highest BCUT2D eigenvalue weighted by Crippen LogP contribution is 2.19. The van der Waals surface area contributed by atoms with Gasteiger partial charge in [-0.15, -0.1) is 0 Å². The molecule has 3 aromatic rings. The minimum atomic E-state index is -0.613. The van der Waals surface area contributed by atoms with Crippen molar-refractivity contribution in [3.8, 4) is 17.1 Å². The maximum atomic E-state index is 12.6. The SMILES string of the molecule is Cc1ccccc1OC(C)C(=O)N(C)Cc1nc(-c2ccccc2)no1. The summed E-state index contributed by atoms with van der Waals surface area (Å²) >= 11 is 0. The average Bonchev–Trinajstić information content (AvgIpc) is 3.12. The molecule has 0 aliphatic rings. The zero-order chi connectivity index (χ0) is 18.5. The van der Waals surface area contributed by atoms with E-state index < -0.39 is 6.10 Å². The molecular formula is C20H21N3O3. The molecule has 1 atom stereocenters. The number of aryl methyl sites for hydroxylation is 1.